The van der Waals surface area contributed by atoms with Crippen molar-refractivity contribution in [2.45, 2.75) is 57.7 Å². The fourth-order valence-electron chi connectivity index (χ4n) is 6.06. The molecule has 0 unspecified atom stereocenters. The number of imidazole rings is 1. The first-order valence-corrected chi connectivity index (χ1v) is 16.5. The first-order valence-electron chi connectivity index (χ1n) is 15.8. The Hall–Kier alpha value is -5.18. The Balaban J connectivity index is 1.27. The van der Waals surface area contributed by atoms with Gasteiger partial charge in [-0.15, -0.1) is 0 Å². The first-order chi connectivity index (χ1) is 23.9. The van der Waals surface area contributed by atoms with Gasteiger partial charge in [-0.2, -0.15) is 18.3 Å². The lowest BCUT2D eigenvalue weighted by molar-refractivity contribution is -0.138. The van der Waals surface area contributed by atoms with Crippen LogP contribution in [0.3, 0.4) is 0 Å². The van der Waals surface area contributed by atoms with Gasteiger partial charge in [0.25, 0.3) is 11.8 Å². The van der Waals surface area contributed by atoms with E-state index in [1.54, 1.807) is 49.5 Å². The number of fused-ring (bicyclic) bond motifs is 1. The lowest BCUT2D eigenvalue weighted by Crippen LogP contribution is -2.47. The Morgan fingerprint density at radius 3 is 2.50 bits per heavy atom. The third kappa shape index (κ3) is 6.32. The van der Waals surface area contributed by atoms with Crippen molar-refractivity contribution in [1.82, 2.24) is 29.1 Å². The van der Waals surface area contributed by atoms with E-state index in [2.05, 4.69) is 26.3 Å². The van der Waals surface area contributed by atoms with E-state index in [-0.39, 0.29) is 52.7 Å². The number of nitrogens with zero attached hydrogens (tertiary/aromatic N) is 5. The summed E-state index contributed by atoms with van der Waals surface area (Å²) in [7, 11) is 0. The van der Waals surface area contributed by atoms with Gasteiger partial charge in [0.1, 0.15) is 17.3 Å². The molecule has 0 saturated heterocycles. The number of amides is 2. The van der Waals surface area contributed by atoms with Crippen molar-refractivity contribution >= 4 is 27.7 Å². The number of hydrogen-bond acceptors (Lipinski definition) is 5. The average Bonchev–Trinajstić information content (AvgIpc) is 3.63. The maximum atomic E-state index is 15.1. The molecule has 258 valence electrons. The largest absolute Gasteiger partial charge is 0.490 e. The Morgan fingerprint density at radius 1 is 1.06 bits per heavy atom. The van der Waals surface area contributed by atoms with Crippen molar-refractivity contribution in [3.8, 4) is 17.1 Å². The van der Waals surface area contributed by atoms with Crippen molar-refractivity contribution in [3.63, 3.8) is 0 Å². The highest BCUT2D eigenvalue weighted by Gasteiger charge is 2.38. The summed E-state index contributed by atoms with van der Waals surface area (Å²) in [5.74, 6) is -1.42. The Morgan fingerprint density at radius 2 is 1.82 bits per heavy atom. The topological polar surface area (TPSA) is 103 Å². The fraction of sp³-hybridized carbons (Fsp3) is 0.257. The molecule has 10 nitrogen and oxygen atoms in total. The van der Waals surface area contributed by atoms with Crippen LogP contribution in [-0.4, -0.2) is 47.8 Å². The third-order valence-corrected chi connectivity index (χ3v) is 9.42. The van der Waals surface area contributed by atoms with E-state index in [4.69, 9.17) is 4.74 Å². The summed E-state index contributed by atoms with van der Waals surface area (Å²) in [6.07, 6.45) is 0.501. The molecule has 50 heavy (non-hydrogen) atoms. The highest BCUT2D eigenvalue weighted by molar-refractivity contribution is 9.10. The number of nitrogens with one attached hydrogen (secondary N) is 1. The number of benzene rings is 3. The second-order valence-corrected chi connectivity index (χ2v) is 13.0. The molecule has 0 bridgehead atoms. The van der Waals surface area contributed by atoms with Gasteiger partial charge in [0.05, 0.1) is 35.3 Å². The summed E-state index contributed by atoms with van der Waals surface area (Å²) in [5, 5.41) is 6.92. The molecule has 1 N–H and O–H groups in total. The molecule has 3 aromatic carbocycles. The molecule has 2 aromatic heterocycles. The molecule has 0 spiro atoms. The van der Waals surface area contributed by atoms with Crippen LogP contribution in [0.2, 0.25) is 0 Å². The van der Waals surface area contributed by atoms with Crippen LogP contribution in [0.15, 0.2) is 88.4 Å². The second kappa shape index (κ2) is 12.9. The quantitative estimate of drug-likeness (QED) is 0.189. The first kappa shape index (κ1) is 33.3. The van der Waals surface area contributed by atoms with E-state index in [0.717, 1.165) is 25.0 Å². The van der Waals surface area contributed by atoms with E-state index < -0.39 is 41.1 Å². The van der Waals surface area contributed by atoms with Crippen molar-refractivity contribution in [2.24, 2.45) is 0 Å². The molecule has 15 heteroatoms. The SMILES string of the molecule is C[C@@H]1Cn2c(c(C(=O)NCc3c(F)cccc3-n3cccn3)n(-c3ccc(OC4CC4)cc3)c2=O)CN1C(=O)c1ccc(Br)c(C(F)(F)F)c1. The fourth-order valence-corrected chi connectivity index (χ4v) is 6.53. The van der Waals surface area contributed by atoms with Crippen molar-refractivity contribution < 1.29 is 31.9 Å². The Labute approximate surface area is 291 Å². The van der Waals surface area contributed by atoms with Gasteiger partial charge < -0.3 is 15.0 Å². The van der Waals surface area contributed by atoms with Gasteiger partial charge in [-0.05, 0) is 80.4 Å². The van der Waals surface area contributed by atoms with E-state index in [1.165, 1.54) is 43.1 Å². The molecule has 1 aliphatic carbocycles. The van der Waals surface area contributed by atoms with Crippen LogP contribution in [0.5, 0.6) is 5.75 Å². The van der Waals surface area contributed by atoms with Gasteiger partial charge >= 0.3 is 11.9 Å². The molecule has 1 saturated carbocycles. The molecular formula is C35H29BrF4N6O4. The van der Waals surface area contributed by atoms with Crippen molar-refractivity contribution in [2.75, 3.05) is 0 Å². The van der Waals surface area contributed by atoms with Gasteiger partial charge in [-0.25, -0.2) is 13.9 Å². The lowest BCUT2D eigenvalue weighted by atomic mass is 10.1. The van der Waals surface area contributed by atoms with Gasteiger partial charge in [0.15, 0.2) is 0 Å². The van der Waals surface area contributed by atoms with Crippen molar-refractivity contribution in [3.05, 3.63) is 128 Å². The van der Waals surface area contributed by atoms with E-state index in [1.807, 2.05) is 0 Å². The molecule has 0 radical (unpaired) electrons. The molecule has 2 amide bonds. The van der Waals surface area contributed by atoms with Crippen LogP contribution >= 0.6 is 15.9 Å². The number of ether oxygens (including phenoxy) is 1. The molecular weight excluding hydrogens is 724 g/mol. The highest BCUT2D eigenvalue weighted by Crippen LogP contribution is 2.36. The van der Waals surface area contributed by atoms with E-state index in [9.17, 15) is 27.6 Å². The number of hydrogen-bond donors (Lipinski definition) is 1. The van der Waals surface area contributed by atoms with Crippen LogP contribution < -0.4 is 15.7 Å². The van der Waals surface area contributed by atoms with Gasteiger partial charge in [0, 0.05) is 47.1 Å². The summed E-state index contributed by atoms with van der Waals surface area (Å²) in [6, 6.07) is 15.4. The van der Waals surface area contributed by atoms with Crippen LogP contribution in [0.25, 0.3) is 11.4 Å². The predicted octanol–water partition coefficient (Wildman–Crippen LogP) is 6.26. The predicted molar refractivity (Wildman–Crippen MR) is 177 cm³/mol. The Kier molecular flexibility index (Phi) is 8.62. The molecule has 1 fully saturated rings. The number of aromatic nitrogens is 4. The zero-order valence-electron chi connectivity index (χ0n) is 26.5. The number of carbonyl (C=O) groups excluding carboxylic acids is 2. The number of carbonyl (C=O) groups is 2. The average molecular weight is 754 g/mol. The van der Waals surface area contributed by atoms with Gasteiger partial charge in [-0.3, -0.25) is 18.7 Å². The van der Waals surface area contributed by atoms with Gasteiger partial charge in [0.2, 0.25) is 0 Å². The second-order valence-electron chi connectivity index (χ2n) is 12.2. The number of alkyl halides is 3. The van der Waals surface area contributed by atoms with Crippen molar-refractivity contribution in [1.29, 1.82) is 0 Å². The minimum Gasteiger partial charge on any atom is -0.490 e. The normalized spacial score (nSPS) is 15.9. The maximum absolute atomic E-state index is 15.1. The summed E-state index contributed by atoms with van der Waals surface area (Å²) in [5.41, 5.74) is -0.790. The van der Waals surface area contributed by atoms with E-state index in [0.29, 0.717) is 17.1 Å². The van der Waals surface area contributed by atoms with Crippen LogP contribution in [0.4, 0.5) is 17.6 Å². The zero-order valence-corrected chi connectivity index (χ0v) is 28.0. The molecule has 5 aromatic rings. The standard InChI is InChI=1S/C35H29BrF4N6O4/c1-20-18-44-30(19-43(20)33(48)21-6-13-27(36)26(16-21)35(38,39)40)31(46(34(44)49)22-7-9-23(10-8-22)50-24-11-12-24)32(47)41-17-25-28(37)4-2-5-29(25)45-15-3-14-42-45/h2-10,13-16,20,24H,11-12,17-19H2,1H3,(H,41,47)/t20-/m1/s1. The molecule has 2 aliphatic rings. The van der Waals surface area contributed by atoms with Gasteiger partial charge in [-0.1, -0.05) is 22.0 Å². The number of halogens is 5. The van der Waals surface area contributed by atoms with Crippen LogP contribution in [-0.2, 0) is 25.8 Å². The minimum absolute atomic E-state index is 0.0323. The molecule has 1 aliphatic heterocycles. The molecule has 7 rings (SSSR count). The summed E-state index contributed by atoms with van der Waals surface area (Å²) < 4.78 is 65.9. The number of rotatable bonds is 8. The molecule has 1 atom stereocenters. The zero-order chi connectivity index (χ0) is 35.3. The summed E-state index contributed by atoms with van der Waals surface area (Å²) >= 11 is 2.91. The smallest absolute Gasteiger partial charge is 0.417 e. The Bertz CT molecular complexity index is 2160. The highest BCUT2D eigenvalue weighted by atomic mass is 79.9. The minimum atomic E-state index is -4.71. The lowest BCUT2D eigenvalue weighted by Gasteiger charge is -2.34. The van der Waals surface area contributed by atoms with Crippen LogP contribution in [0, 0.1) is 5.82 Å². The third-order valence-electron chi connectivity index (χ3n) is 8.73. The molecule has 3 heterocycles. The van der Waals surface area contributed by atoms with E-state index >= 15 is 4.39 Å². The van der Waals surface area contributed by atoms with Crippen LogP contribution in [0.1, 0.15) is 57.4 Å². The summed E-state index contributed by atoms with van der Waals surface area (Å²) in [4.78, 5) is 43.3. The maximum Gasteiger partial charge on any atom is 0.417 e. The monoisotopic (exact) mass is 752 g/mol. The summed E-state index contributed by atoms with van der Waals surface area (Å²) in [6.45, 7) is 1.11.